The average molecular weight is 306 g/mol. The van der Waals surface area contributed by atoms with Crippen LogP contribution in [0.15, 0.2) is 24.3 Å². The van der Waals surface area contributed by atoms with Crippen LogP contribution < -0.4 is 15.8 Å². The number of hydrogen-bond donors (Lipinski definition) is 3. The topological polar surface area (TPSA) is 67.5 Å². The minimum absolute atomic E-state index is 0.164. The third kappa shape index (κ3) is 7.31. The molecule has 1 aromatic rings. The van der Waals surface area contributed by atoms with Gasteiger partial charge in [-0.25, -0.2) is 0 Å². The molecule has 0 heterocycles. The Balaban J connectivity index is 2.57. The standard InChI is InChI=1S/C14H21F3N2O2/c15-14(16,17)21-12-6-4-5-11(9-12)13(10-18)19-7-2-1-3-8-20/h4-6,9,13,19-20H,1-3,7-8,10,18H2. The Kier molecular flexibility index (Phi) is 7.49. The number of ether oxygens (including phenoxy) is 1. The number of alkyl halides is 3. The van der Waals surface area contributed by atoms with Gasteiger partial charge in [0.15, 0.2) is 0 Å². The summed E-state index contributed by atoms with van der Waals surface area (Å²) in [5, 5.41) is 11.9. The molecule has 1 rings (SSSR count). The Morgan fingerprint density at radius 2 is 2.00 bits per heavy atom. The summed E-state index contributed by atoms with van der Waals surface area (Å²) in [4.78, 5) is 0. The van der Waals surface area contributed by atoms with Crippen molar-refractivity contribution in [2.75, 3.05) is 19.7 Å². The molecule has 21 heavy (non-hydrogen) atoms. The molecule has 0 aliphatic carbocycles. The molecule has 1 atom stereocenters. The van der Waals surface area contributed by atoms with Crippen LogP contribution in [0.25, 0.3) is 0 Å². The van der Waals surface area contributed by atoms with Crippen molar-refractivity contribution < 1.29 is 23.0 Å². The molecule has 7 heteroatoms. The van der Waals surface area contributed by atoms with E-state index in [2.05, 4.69) is 10.1 Å². The van der Waals surface area contributed by atoms with Gasteiger partial charge in [-0.15, -0.1) is 13.2 Å². The van der Waals surface area contributed by atoms with Gasteiger partial charge in [0.2, 0.25) is 0 Å². The summed E-state index contributed by atoms with van der Waals surface area (Å²) < 4.78 is 40.5. The minimum Gasteiger partial charge on any atom is -0.406 e. The molecule has 0 amide bonds. The smallest absolute Gasteiger partial charge is 0.406 e. The quantitative estimate of drug-likeness (QED) is 0.613. The Labute approximate surface area is 122 Å². The lowest BCUT2D eigenvalue weighted by Gasteiger charge is -2.18. The van der Waals surface area contributed by atoms with Crippen LogP contribution in [-0.4, -0.2) is 31.2 Å². The van der Waals surface area contributed by atoms with Crippen LogP contribution in [0.1, 0.15) is 30.9 Å². The van der Waals surface area contributed by atoms with Gasteiger partial charge in [0.05, 0.1) is 0 Å². The zero-order valence-electron chi connectivity index (χ0n) is 11.7. The van der Waals surface area contributed by atoms with Crippen molar-refractivity contribution >= 4 is 0 Å². The van der Waals surface area contributed by atoms with Crippen molar-refractivity contribution in [1.82, 2.24) is 5.32 Å². The molecule has 0 aromatic heterocycles. The molecule has 4 N–H and O–H groups in total. The Hall–Kier alpha value is -1.31. The van der Waals surface area contributed by atoms with E-state index in [0.29, 0.717) is 12.1 Å². The Morgan fingerprint density at radius 3 is 2.62 bits per heavy atom. The van der Waals surface area contributed by atoms with Crippen molar-refractivity contribution in [2.24, 2.45) is 5.73 Å². The van der Waals surface area contributed by atoms with E-state index in [1.807, 2.05) is 0 Å². The highest BCUT2D eigenvalue weighted by Crippen LogP contribution is 2.25. The molecule has 1 unspecified atom stereocenters. The van der Waals surface area contributed by atoms with Crippen molar-refractivity contribution in [1.29, 1.82) is 0 Å². The van der Waals surface area contributed by atoms with Crippen LogP contribution in [0.4, 0.5) is 13.2 Å². The predicted molar refractivity (Wildman–Crippen MR) is 73.9 cm³/mol. The van der Waals surface area contributed by atoms with Gasteiger partial charge < -0.3 is 20.9 Å². The molecular formula is C14H21F3N2O2. The van der Waals surface area contributed by atoms with Gasteiger partial charge in [0.25, 0.3) is 0 Å². The number of halogens is 3. The van der Waals surface area contributed by atoms with Crippen LogP contribution in [0.3, 0.4) is 0 Å². The third-order valence-corrected chi connectivity index (χ3v) is 2.96. The maximum atomic E-state index is 12.2. The molecule has 0 aliphatic heterocycles. The van der Waals surface area contributed by atoms with Crippen LogP contribution in [0.5, 0.6) is 5.75 Å². The molecule has 120 valence electrons. The van der Waals surface area contributed by atoms with Crippen molar-refractivity contribution in [3.8, 4) is 5.75 Å². The fraction of sp³-hybridized carbons (Fsp3) is 0.571. The fourth-order valence-corrected chi connectivity index (χ4v) is 1.96. The number of rotatable bonds is 9. The summed E-state index contributed by atoms with van der Waals surface area (Å²) in [7, 11) is 0. The molecule has 0 radical (unpaired) electrons. The zero-order valence-corrected chi connectivity index (χ0v) is 11.7. The number of aliphatic hydroxyl groups is 1. The first kappa shape index (κ1) is 17.7. The van der Waals surface area contributed by atoms with Gasteiger partial charge >= 0.3 is 6.36 Å². The largest absolute Gasteiger partial charge is 0.573 e. The number of aliphatic hydroxyl groups excluding tert-OH is 1. The second-order valence-corrected chi connectivity index (χ2v) is 4.65. The second-order valence-electron chi connectivity index (χ2n) is 4.65. The monoisotopic (exact) mass is 306 g/mol. The minimum atomic E-state index is -4.70. The van der Waals surface area contributed by atoms with E-state index >= 15 is 0 Å². The third-order valence-electron chi connectivity index (χ3n) is 2.96. The van der Waals surface area contributed by atoms with Gasteiger partial charge in [-0.3, -0.25) is 0 Å². The lowest BCUT2D eigenvalue weighted by Crippen LogP contribution is -2.29. The zero-order chi connectivity index (χ0) is 15.7. The summed E-state index contributed by atoms with van der Waals surface area (Å²) in [5.74, 6) is -0.250. The van der Waals surface area contributed by atoms with E-state index in [-0.39, 0.29) is 24.9 Å². The van der Waals surface area contributed by atoms with Crippen LogP contribution in [0.2, 0.25) is 0 Å². The first-order valence-corrected chi connectivity index (χ1v) is 6.86. The predicted octanol–water partition coefficient (Wildman–Crippen LogP) is 2.34. The number of nitrogens with one attached hydrogen (secondary N) is 1. The highest BCUT2D eigenvalue weighted by atomic mass is 19.4. The summed E-state index contributed by atoms with van der Waals surface area (Å²) in [6, 6.07) is 5.59. The Morgan fingerprint density at radius 1 is 1.24 bits per heavy atom. The van der Waals surface area contributed by atoms with Gasteiger partial charge in [-0.1, -0.05) is 12.1 Å². The first-order valence-electron chi connectivity index (χ1n) is 6.86. The lowest BCUT2D eigenvalue weighted by atomic mass is 10.1. The summed E-state index contributed by atoms with van der Waals surface area (Å²) >= 11 is 0. The van der Waals surface area contributed by atoms with Gasteiger partial charge in [0.1, 0.15) is 5.75 Å². The molecule has 1 aromatic carbocycles. The van der Waals surface area contributed by atoms with E-state index < -0.39 is 6.36 Å². The second kappa shape index (κ2) is 8.86. The molecule has 0 spiro atoms. The van der Waals surface area contributed by atoms with Crippen molar-refractivity contribution in [3.63, 3.8) is 0 Å². The first-order chi connectivity index (χ1) is 9.96. The number of hydrogen-bond acceptors (Lipinski definition) is 4. The molecule has 0 saturated carbocycles. The maximum absolute atomic E-state index is 12.2. The van der Waals surface area contributed by atoms with E-state index in [4.69, 9.17) is 10.8 Å². The van der Waals surface area contributed by atoms with Crippen LogP contribution >= 0.6 is 0 Å². The lowest BCUT2D eigenvalue weighted by molar-refractivity contribution is -0.274. The Bertz CT molecular complexity index is 413. The van der Waals surface area contributed by atoms with Crippen LogP contribution in [0, 0.1) is 0 Å². The molecular weight excluding hydrogens is 285 g/mol. The van der Waals surface area contributed by atoms with Gasteiger partial charge in [-0.2, -0.15) is 0 Å². The molecule has 0 saturated heterocycles. The highest BCUT2D eigenvalue weighted by molar-refractivity contribution is 5.31. The van der Waals surface area contributed by atoms with Gasteiger partial charge in [-0.05, 0) is 43.5 Å². The van der Waals surface area contributed by atoms with E-state index in [9.17, 15) is 13.2 Å². The summed E-state index contributed by atoms with van der Waals surface area (Å²) in [6.07, 6.45) is -2.20. The van der Waals surface area contributed by atoms with Crippen molar-refractivity contribution in [2.45, 2.75) is 31.7 Å². The van der Waals surface area contributed by atoms with E-state index in [1.165, 1.54) is 18.2 Å². The maximum Gasteiger partial charge on any atom is 0.573 e. The van der Waals surface area contributed by atoms with Crippen LogP contribution in [-0.2, 0) is 0 Å². The molecule has 0 bridgehead atoms. The number of unbranched alkanes of at least 4 members (excludes halogenated alkanes) is 2. The average Bonchev–Trinajstić information content (AvgIpc) is 2.41. The molecule has 0 fully saturated rings. The van der Waals surface area contributed by atoms with Crippen molar-refractivity contribution in [3.05, 3.63) is 29.8 Å². The molecule has 0 aliphatic rings. The van der Waals surface area contributed by atoms with Gasteiger partial charge in [0, 0.05) is 19.2 Å². The fourth-order valence-electron chi connectivity index (χ4n) is 1.96. The number of benzene rings is 1. The highest BCUT2D eigenvalue weighted by Gasteiger charge is 2.31. The SMILES string of the molecule is NCC(NCCCCCO)c1cccc(OC(F)(F)F)c1. The normalized spacial score (nSPS) is 13.2. The number of nitrogens with two attached hydrogens (primary N) is 1. The summed E-state index contributed by atoms with van der Waals surface area (Å²) in [6.45, 7) is 1.12. The van der Waals surface area contributed by atoms with E-state index in [0.717, 1.165) is 19.3 Å². The summed E-state index contributed by atoms with van der Waals surface area (Å²) in [5.41, 5.74) is 6.31. The van der Waals surface area contributed by atoms with E-state index in [1.54, 1.807) is 6.07 Å². The molecule has 4 nitrogen and oxygen atoms in total.